The molecule has 0 amide bonds. The van der Waals surface area contributed by atoms with Gasteiger partial charge in [0.25, 0.3) is 5.22 Å². The molecule has 0 aliphatic heterocycles. The van der Waals surface area contributed by atoms with Crippen LogP contribution in [0.1, 0.15) is 5.69 Å². The third-order valence-corrected chi connectivity index (χ3v) is 6.34. The highest BCUT2D eigenvalue weighted by Gasteiger charge is 2.12. The van der Waals surface area contributed by atoms with E-state index < -0.39 is 0 Å². The van der Waals surface area contributed by atoms with Gasteiger partial charge >= 0.3 is 0 Å². The third-order valence-electron chi connectivity index (χ3n) is 3.17. The maximum absolute atomic E-state index is 5.74. The van der Waals surface area contributed by atoms with Crippen LogP contribution in [0.3, 0.4) is 0 Å². The molecule has 3 aromatic heterocycles. The second-order valence-electron chi connectivity index (χ2n) is 4.80. The van der Waals surface area contributed by atoms with E-state index in [2.05, 4.69) is 53.3 Å². The van der Waals surface area contributed by atoms with Crippen LogP contribution in [0.5, 0.6) is 0 Å². The molecule has 0 radical (unpaired) electrons. The molecule has 0 atom stereocenters. The number of halogens is 1. The maximum Gasteiger partial charge on any atom is 0.277 e. The minimum absolute atomic E-state index is 0.516. The molecule has 120 valence electrons. The highest BCUT2D eigenvalue weighted by molar-refractivity contribution is 9.10. The minimum Gasteiger partial charge on any atom is -0.411 e. The molecular formula is C16H10BrN3OS3. The summed E-state index contributed by atoms with van der Waals surface area (Å²) in [5.74, 6) is 1.22. The average molecular weight is 436 g/mol. The zero-order valence-electron chi connectivity index (χ0n) is 12.2. The van der Waals surface area contributed by atoms with E-state index in [4.69, 9.17) is 4.42 Å². The topological polar surface area (TPSA) is 51.8 Å². The summed E-state index contributed by atoms with van der Waals surface area (Å²) in [7, 11) is 0. The normalized spacial score (nSPS) is 11.0. The van der Waals surface area contributed by atoms with E-state index in [9.17, 15) is 0 Å². The minimum atomic E-state index is 0.516. The Morgan fingerprint density at radius 1 is 1.12 bits per heavy atom. The van der Waals surface area contributed by atoms with Crippen molar-refractivity contribution in [1.29, 1.82) is 0 Å². The zero-order chi connectivity index (χ0) is 16.4. The van der Waals surface area contributed by atoms with Gasteiger partial charge in [0.1, 0.15) is 5.01 Å². The predicted octanol–water partition coefficient (Wildman–Crippen LogP) is 5.98. The lowest BCUT2D eigenvalue weighted by Gasteiger charge is -1.97. The van der Waals surface area contributed by atoms with Gasteiger partial charge < -0.3 is 4.42 Å². The van der Waals surface area contributed by atoms with Crippen LogP contribution in [0, 0.1) is 0 Å². The van der Waals surface area contributed by atoms with E-state index >= 15 is 0 Å². The SMILES string of the molecule is Brc1ccccc1-c1nnc(SCc2csc(-c3ccsc3)n2)o1. The Bertz CT molecular complexity index is 949. The first-order valence-electron chi connectivity index (χ1n) is 6.98. The largest absolute Gasteiger partial charge is 0.411 e. The molecule has 0 spiro atoms. The standard InChI is InChI=1S/C16H10BrN3OS3/c17-13-4-2-1-3-12(13)14-19-20-16(21-14)24-9-11-8-23-15(18-11)10-5-6-22-7-10/h1-8H,9H2. The fourth-order valence-corrected chi connectivity index (χ4v) is 4.79. The third kappa shape index (κ3) is 3.46. The molecule has 0 bridgehead atoms. The number of hydrogen-bond acceptors (Lipinski definition) is 7. The van der Waals surface area contributed by atoms with Crippen LogP contribution < -0.4 is 0 Å². The van der Waals surface area contributed by atoms with Gasteiger partial charge in [-0.05, 0) is 39.5 Å². The molecule has 24 heavy (non-hydrogen) atoms. The lowest BCUT2D eigenvalue weighted by Crippen LogP contribution is -1.81. The number of thiophene rings is 1. The Morgan fingerprint density at radius 3 is 2.88 bits per heavy atom. The number of thioether (sulfide) groups is 1. The molecule has 4 aromatic rings. The summed E-state index contributed by atoms with van der Waals surface area (Å²) < 4.78 is 6.67. The monoisotopic (exact) mass is 435 g/mol. The number of thiazole rings is 1. The van der Waals surface area contributed by atoms with Crippen LogP contribution >= 0.6 is 50.4 Å². The molecule has 4 rings (SSSR count). The summed E-state index contributed by atoms with van der Waals surface area (Å²) in [6.07, 6.45) is 0. The Morgan fingerprint density at radius 2 is 2.04 bits per heavy atom. The van der Waals surface area contributed by atoms with Crippen LogP contribution in [-0.2, 0) is 5.75 Å². The van der Waals surface area contributed by atoms with Crippen molar-refractivity contribution in [2.24, 2.45) is 0 Å². The van der Waals surface area contributed by atoms with Gasteiger partial charge in [-0.25, -0.2) is 4.98 Å². The Kier molecular flexibility index (Phi) is 4.79. The molecule has 0 aliphatic rings. The van der Waals surface area contributed by atoms with Crippen molar-refractivity contribution in [1.82, 2.24) is 15.2 Å². The van der Waals surface area contributed by atoms with Crippen molar-refractivity contribution < 1.29 is 4.42 Å². The van der Waals surface area contributed by atoms with Crippen LogP contribution in [0.15, 0.2) is 60.6 Å². The lowest BCUT2D eigenvalue weighted by molar-refractivity contribution is 0.465. The molecule has 3 heterocycles. The first-order valence-corrected chi connectivity index (χ1v) is 10.6. The number of rotatable bonds is 5. The smallest absolute Gasteiger partial charge is 0.277 e. The van der Waals surface area contributed by atoms with Gasteiger partial charge in [-0.2, -0.15) is 11.3 Å². The van der Waals surface area contributed by atoms with Crippen molar-refractivity contribution >= 4 is 50.4 Å². The van der Waals surface area contributed by atoms with Gasteiger partial charge in [0, 0.05) is 26.5 Å². The number of aromatic nitrogens is 3. The van der Waals surface area contributed by atoms with Crippen molar-refractivity contribution in [2.75, 3.05) is 0 Å². The Balaban J connectivity index is 1.45. The summed E-state index contributed by atoms with van der Waals surface area (Å²) in [5, 5.41) is 16.1. The van der Waals surface area contributed by atoms with Crippen molar-refractivity contribution in [2.45, 2.75) is 11.0 Å². The summed E-state index contributed by atoms with van der Waals surface area (Å²) in [4.78, 5) is 4.65. The van der Waals surface area contributed by atoms with Crippen LogP contribution in [0.2, 0.25) is 0 Å². The van der Waals surface area contributed by atoms with E-state index in [-0.39, 0.29) is 0 Å². The molecule has 0 N–H and O–H groups in total. The molecule has 0 saturated heterocycles. The second-order valence-corrected chi connectivity index (χ2v) is 8.22. The molecule has 1 aromatic carbocycles. The van der Waals surface area contributed by atoms with E-state index in [1.807, 2.05) is 24.3 Å². The highest BCUT2D eigenvalue weighted by Crippen LogP contribution is 2.31. The summed E-state index contributed by atoms with van der Waals surface area (Å²) >= 11 is 8.33. The first kappa shape index (κ1) is 16.0. The number of nitrogens with zero attached hydrogens (tertiary/aromatic N) is 3. The predicted molar refractivity (Wildman–Crippen MR) is 102 cm³/mol. The molecular weight excluding hydrogens is 426 g/mol. The maximum atomic E-state index is 5.74. The Labute approximate surface area is 159 Å². The van der Waals surface area contributed by atoms with E-state index in [1.165, 1.54) is 17.3 Å². The van der Waals surface area contributed by atoms with Crippen LogP contribution in [0.4, 0.5) is 0 Å². The molecule has 4 nitrogen and oxygen atoms in total. The zero-order valence-corrected chi connectivity index (χ0v) is 16.2. The Hall–Kier alpha value is -1.48. The summed E-state index contributed by atoms with van der Waals surface area (Å²) in [5.41, 5.74) is 3.09. The second kappa shape index (κ2) is 7.18. The molecule has 0 aliphatic carbocycles. The molecule has 0 unspecified atom stereocenters. The van der Waals surface area contributed by atoms with Gasteiger partial charge in [-0.1, -0.05) is 23.9 Å². The van der Waals surface area contributed by atoms with E-state index in [1.54, 1.807) is 22.7 Å². The first-order chi connectivity index (χ1) is 11.8. The van der Waals surface area contributed by atoms with Crippen molar-refractivity contribution in [3.63, 3.8) is 0 Å². The van der Waals surface area contributed by atoms with Gasteiger partial charge in [0.2, 0.25) is 5.89 Å². The van der Waals surface area contributed by atoms with Crippen molar-refractivity contribution in [3.05, 3.63) is 56.6 Å². The highest BCUT2D eigenvalue weighted by atomic mass is 79.9. The number of benzene rings is 1. The lowest BCUT2D eigenvalue weighted by atomic mass is 10.2. The van der Waals surface area contributed by atoms with Crippen LogP contribution in [0.25, 0.3) is 22.0 Å². The van der Waals surface area contributed by atoms with Gasteiger partial charge in [0.05, 0.1) is 11.3 Å². The fourth-order valence-electron chi connectivity index (χ4n) is 2.04. The molecule has 0 fully saturated rings. The van der Waals surface area contributed by atoms with Gasteiger partial charge in [0.15, 0.2) is 0 Å². The summed E-state index contributed by atoms with van der Waals surface area (Å²) in [6, 6.07) is 9.88. The quantitative estimate of drug-likeness (QED) is 0.361. The van der Waals surface area contributed by atoms with Gasteiger partial charge in [-0.3, -0.25) is 0 Å². The van der Waals surface area contributed by atoms with Gasteiger partial charge in [-0.15, -0.1) is 21.5 Å². The number of hydrogen-bond donors (Lipinski definition) is 0. The van der Waals surface area contributed by atoms with Crippen molar-refractivity contribution in [3.8, 4) is 22.0 Å². The average Bonchev–Trinajstić information content (AvgIpc) is 3.34. The van der Waals surface area contributed by atoms with E-state index in [0.29, 0.717) is 16.9 Å². The van der Waals surface area contributed by atoms with E-state index in [0.717, 1.165) is 20.7 Å². The fraction of sp³-hybridized carbons (Fsp3) is 0.0625. The van der Waals surface area contributed by atoms with Crippen LogP contribution in [-0.4, -0.2) is 15.2 Å². The molecule has 0 saturated carbocycles. The molecule has 8 heteroatoms. The summed E-state index contributed by atoms with van der Waals surface area (Å²) in [6.45, 7) is 0.